The van der Waals surface area contributed by atoms with Crippen molar-refractivity contribution in [3.63, 3.8) is 0 Å². The van der Waals surface area contributed by atoms with Crippen molar-refractivity contribution in [3.05, 3.63) is 90.0 Å². The number of rotatable bonds is 4. The van der Waals surface area contributed by atoms with Gasteiger partial charge in [-0.2, -0.15) is 0 Å². The van der Waals surface area contributed by atoms with Crippen molar-refractivity contribution in [2.75, 3.05) is 12.4 Å². The van der Waals surface area contributed by atoms with E-state index in [1.807, 2.05) is 79.7 Å². The Morgan fingerprint density at radius 3 is 2.54 bits per heavy atom. The zero-order chi connectivity index (χ0) is 19.5. The van der Waals surface area contributed by atoms with Crippen LogP contribution in [0.4, 0.5) is 5.69 Å². The fourth-order valence-electron chi connectivity index (χ4n) is 3.25. The van der Waals surface area contributed by atoms with Crippen LogP contribution < -0.4 is 10.1 Å². The van der Waals surface area contributed by atoms with E-state index < -0.39 is 0 Å². The maximum absolute atomic E-state index is 13.2. The number of ether oxygens (including phenoxy) is 1. The average molecular weight is 368 g/mol. The SMILES string of the molecule is COc1ccccc1NC(=O)c1cc(-c2cccc(C)c2)nc2ccccc12. The molecule has 1 amide bonds. The lowest BCUT2D eigenvalue weighted by Gasteiger charge is -2.13. The first kappa shape index (κ1) is 17.7. The number of para-hydroxylation sites is 3. The molecule has 4 heteroatoms. The Kier molecular flexibility index (Phi) is 4.77. The van der Waals surface area contributed by atoms with E-state index in [2.05, 4.69) is 11.4 Å². The summed E-state index contributed by atoms with van der Waals surface area (Å²) < 4.78 is 5.35. The zero-order valence-electron chi connectivity index (χ0n) is 15.8. The second-order valence-corrected chi connectivity index (χ2v) is 6.60. The van der Waals surface area contributed by atoms with Crippen molar-refractivity contribution in [2.24, 2.45) is 0 Å². The number of nitrogens with one attached hydrogen (secondary N) is 1. The number of amides is 1. The maximum atomic E-state index is 13.2. The van der Waals surface area contributed by atoms with Crippen LogP contribution in [0, 0.1) is 6.92 Å². The molecule has 0 saturated heterocycles. The van der Waals surface area contributed by atoms with Crippen molar-refractivity contribution < 1.29 is 9.53 Å². The van der Waals surface area contributed by atoms with Crippen LogP contribution in [0.5, 0.6) is 5.75 Å². The van der Waals surface area contributed by atoms with Gasteiger partial charge < -0.3 is 10.1 Å². The fourth-order valence-corrected chi connectivity index (χ4v) is 3.25. The van der Waals surface area contributed by atoms with Crippen molar-refractivity contribution in [1.29, 1.82) is 0 Å². The lowest BCUT2D eigenvalue weighted by Crippen LogP contribution is -2.13. The summed E-state index contributed by atoms with van der Waals surface area (Å²) >= 11 is 0. The largest absolute Gasteiger partial charge is 0.495 e. The molecule has 0 radical (unpaired) electrons. The first-order valence-electron chi connectivity index (χ1n) is 9.07. The highest BCUT2D eigenvalue weighted by Crippen LogP contribution is 2.28. The van der Waals surface area contributed by atoms with Crippen LogP contribution in [0.3, 0.4) is 0 Å². The molecule has 28 heavy (non-hydrogen) atoms. The van der Waals surface area contributed by atoms with Gasteiger partial charge in [0.05, 0.1) is 29.6 Å². The molecule has 1 aromatic heterocycles. The number of aromatic nitrogens is 1. The normalized spacial score (nSPS) is 10.6. The number of methoxy groups -OCH3 is 1. The molecule has 4 nitrogen and oxygen atoms in total. The van der Waals surface area contributed by atoms with Gasteiger partial charge in [0, 0.05) is 10.9 Å². The van der Waals surface area contributed by atoms with Crippen molar-refractivity contribution in [1.82, 2.24) is 4.98 Å². The fraction of sp³-hybridized carbons (Fsp3) is 0.0833. The van der Waals surface area contributed by atoms with Crippen molar-refractivity contribution in [2.45, 2.75) is 6.92 Å². The van der Waals surface area contributed by atoms with Gasteiger partial charge in [-0.3, -0.25) is 4.79 Å². The number of fused-ring (bicyclic) bond motifs is 1. The van der Waals surface area contributed by atoms with Gasteiger partial charge in [0.2, 0.25) is 0 Å². The minimum atomic E-state index is -0.197. The zero-order valence-corrected chi connectivity index (χ0v) is 15.8. The van der Waals surface area contributed by atoms with Gasteiger partial charge in [-0.25, -0.2) is 4.98 Å². The highest BCUT2D eigenvalue weighted by Gasteiger charge is 2.15. The summed E-state index contributed by atoms with van der Waals surface area (Å²) in [6.07, 6.45) is 0. The molecule has 4 rings (SSSR count). The van der Waals surface area contributed by atoms with Crippen LogP contribution >= 0.6 is 0 Å². The Labute approximate surface area is 163 Å². The Hall–Kier alpha value is -3.66. The van der Waals surface area contributed by atoms with Crippen LogP contribution in [0.15, 0.2) is 78.9 Å². The van der Waals surface area contributed by atoms with Gasteiger partial charge in [-0.15, -0.1) is 0 Å². The number of carbonyl (C=O) groups excluding carboxylic acids is 1. The smallest absolute Gasteiger partial charge is 0.256 e. The van der Waals surface area contributed by atoms with Gasteiger partial charge in [-0.05, 0) is 37.3 Å². The van der Waals surface area contributed by atoms with Gasteiger partial charge in [-0.1, -0.05) is 54.1 Å². The number of nitrogens with zero attached hydrogens (tertiary/aromatic N) is 1. The van der Waals surface area contributed by atoms with Crippen LogP contribution in [0.25, 0.3) is 22.2 Å². The van der Waals surface area contributed by atoms with Crippen LogP contribution in [0.2, 0.25) is 0 Å². The van der Waals surface area contributed by atoms with Gasteiger partial charge in [0.1, 0.15) is 5.75 Å². The Morgan fingerprint density at radius 1 is 0.929 bits per heavy atom. The quantitative estimate of drug-likeness (QED) is 0.519. The summed E-state index contributed by atoms with van der Waals surface area (Å²) in [4.78, 5) is 17.9. The lowest BCUT2D eigenvalue weighted by molar-refractivity contribution is 0.102. The average Bonchev–Trinajstić information content (AvgIpc) is 2.73. The third kappa shape index (κ3) is 3.45. The number of hydrogen-bond donors (Lipinski definition) is 1. The topological polar surface area (TPSA) is 51.2 Å². The Morgan fingerprint density at radius 2 is 1.71 bits per heavy atom. The minimum Gasteiger partial charge on any atom is -0.495 e. The monoisotopic (exact) mass is 368 g/mol. The second-order valence-electron chi connectivity index (χ2n) is 6.60. The van der Waals surface area contributed by atoms with Gasteiger partial charge in [0.15, 0.2) is 0 Å². The molecule has 0 unspecified atom stereocenters. The third-order valence-electron chi connectivity index (χ3n) is 4.63. The summed E-state index contributed by atoms with van der Waals surface area (Å²) in [5, 5.41) is 3.78. The summed E-state index contributed by atoms with van der Waals surface area (Å²) in [6, 6.07) is 25.0. The molecular formula is C24H20N2O2. The predicted molar refractivity (Wildman–Crippen MR) is 113 cm³/mol. The van der Waals surface area contributed by atoms with Gasteiger partial charge >= 0.3 is 0 Å². The minimum absolute atomic E-state index is 0.197. The van der Waals surface area contributed by atoms with E-state index in [1.54, 1.807) is 7.11 Å². The molecule has 0 aliphatic carbocycles. The number of pyridine rings is 1. The molecule has 0 aliphatic rings. The number of hydrogen-bond acceptors (Lipinski definition) is 3. The molecular weight excluding hydrogens is 348 g/mol. The first-order valence-corrected chi connectivity index (χ1v) is 9.07. The van der Waals surface area contributed by atoms with E-state index in [0.717, 1.165) is 27.7 Å². The molecule has 0 spiro atoms. The lowest BCUT2D eigenvalue weighted by atomic mass is 10.0. The number of carbonyl (C=O) groups is 1. The van der Waals surface area contributed by atoms with Gasteiger partial charge in [0.25, 0.3) is 5.91 Å². The summed E-state index contributed by atoms with van der Waals surface area (Å²) in [5.41, 5.74) is 4.89. The second kappa shape index (κ2) is 7.53. The van der Waals surface area contributed by atoms with E-state index in [1.165, 1.54) is 0 Å². The number of anilines is 1. The van der Waals surface area contributed by atoms with Crippen LogP contribution in [-0.2, 0) is 0 Å². The van der Waals surface area contributed by atoms with E-state index in [4.69, 9.17) is 9.72 Å². The summed E-state index contributed by atoms with van der Waals surface area (Å²) in [7, 11) is 1.59. The maximum Gasteiger partial charge on any atom is 0.256 e. The highest BCUT2D eigenvalue weighted by molar-refractivity contribution is 6.13. The molecule has 1 heterocycles. The highest BCUT2D eigenvalue weighted by atomic mass is 16.5. The van der Waals surface area contributed by atoms with Crippen LogP contribution in [-0.4, -0.2) is 18.0 Å². The Balaban J connectivity index is 1.82. The summed E-state index contributed by atoms with van der Waals surface area (Å²) in [5.74, 6) is 0.421. The molecule has 0 fully saturated rings. The number of aryl methyl sites for hydroxylation is 1. The van der Waals surface area contributed by atoms with Crippen molar-refractivity contribution in [3.8, 4) is 17.0 Å². The van der Waals surface area contributed by atoms with Crippen molar-refractivity contribution >= 4 is 22.5 Å². The predicted octanol–water partition coefficient (Wildman–Crippen LogP) is 5.47. The molecule has 0 atom stereocenters. The molecule has 0 bridgehead atoms. The molecule has 4 aromatic rings. The Bertz CT molecular complexity index is 1170. The first-order chi connectivity index (χ1) is 13.7. The third-order valence-corrected chi connectivity index (χ3v) is 4.63. The molecule has 0 saturated carbocycles. The van der Waals surface area contributed by atoms with E-state index >= 15 is 0 Å². The summed E-state index contributed by atoms with van der Waals surface area (Å²) in [6.45, 7) is 2.04. The standard InChI is InChI=1S/C24H20N2O2/c1-16-8-7-9-17(14-16)22-15-19(18-10-3-4-11-20(18)25-22)24(27)26-21-12-5-6-13-23(21)28-2/h3-15H,1-2H3,(H,26,27). The molecule has 138 valence electrons. The number of benzene rings is 3. The molecule has 1 N–H and O–H groups in total. The van der Waals surface area contributed by atoms with E-state index in [0.29, 0.717) is 17.0 Å². The molecule has 0 aliphatic heterocycles. The molecule has 3 aromatic carbocycles. The van der Waals surface area contributed by atoms with E-state index in [9.17, 15) is 4.79 Å². The van der Waals surface area contributed by atoms with E-state index in [-0.39, 0.29) is 5.91 Å². The van der Waals surface area contributed by atoms with Crippen LogP contribution in [0.1, 0.15) is 15.9 Å².